The summed E-state index contributed by atoms with van der Waals surface area (Å²) in [5.74, 6) is -0.118. The van der Waals surface area contributed by atoms with E-state index in [1.807, 2.05) is 4.72 Å². The van der Waals surface area contributed by atoms with Gasteiger partial charge in [0.2, 0.25) is 0 Å². The SMILES string of the molecule is O=P(O)(CNS(=O)(=O)c1ccccn1)Oc1cccnc1Cl.[H-].[Na+]. The predicted molar refractivity (Wildman–Crippen MR) is 80.2 cm³/mol. The van der Waals surface area contributed by atoms with Crippen molar-refractivity contribution in [2.75, 3.05) is 6.29 Å². The van der Waals surface area contributed by atoms with E-state index in [1.54, 1.807) is 6.07 Å². The van der Waals surface area contributed by atoms with Gasteiger partial charge in [0.25, 0.3) is 10.0 Å². The summed E-state index contributed by atoms with van der Waals surface area (Å²) in [5.41, 5.74) is 0. The van der Waals surface area contributed by atoms with Gasteiger partial charge in [-0.15, -0.1) is 0 Å². The fraction of sp³-hybridized carbons (Fsp3) is 0.0909. The summed E-state index contributed by atoms with van der Waals surface area (Å²) in [5, 5.41) is -0.376. The van der Waals surface area contributed by atoms with Crippen molar-refractivity contribution >= 4 is 29.2 Å². The molecule has 2 aromatic rings. The topological polar surface area (TPSA) is 118 Å². The molecule has 0 aromatic carbocycles. The Bertz CT molecular complexity index is 814. The minimum atomic E-state index is -4.30. The average molecular weight is 388 g/mol. The summed E-state index contributed by atoms with van der Waals surface area (Å²) in [6.45, 7) is 0. The van der Waals surface area contributed by atoms with Crippen molar-refractivity contribution in [1.29, 1.82) is 0 Å². The number of halogens is 1. The minimum Gasteiger partial charge on any atom is -1.00 e. The average Bonchev–Trinajstić information content (AvgIpc) is 2.49. The van der Waals surface area contributed by atoms with Crippen LogP contribution in [0.5, 0.6) is 5.75 Å². The number of sulfonamides is 1. The van der Waals surface area contributed by atoms with Crippen molar-refractivity contribution < 1.29 is 53.4 Å². The van der Waals surface area contributed by atoms with Crippen LogP contribution in [0.3, 0.4) is 0 Å². The van der Waals surface area contributed by atoms with Gasteiger partial charge in [-0.3, -0.25) is 0 Å². The molecule has 2 aromatic heterocycles. The summed E-state index contributed by atoms with van der Waals surface area (Å²) in [7, 11) is -8.32. The molecule has 2 N–H and O–H groups in total. The standard InChI is InChI=1S/C11H11ClN3O5PS.Na.H/c12-11-9(4-3-7-14-11)20-21(16,17)8-15-22(18,19)10-5-1-2-6-13-10;;/h1-7,15H,8H2,(H,16,17);;/q;+1;-1. The molecule has 8 nitrogen and oxygen atoms in total. The third-order valence-corrected chi connectivity index (χ3v) is 5.19. The molecule has 1 unspecified atom stereocenters. The summed E-state index contributed by atoms with van der Waals surface area (Å²) in [4.78, 5) is 17.0. The Hall–Kier alpha value is -0.510. The van der Waals surface area contributed by atoms with Gasteiger partial charge in [0, 0.05) is 12.4 Å². The minimum absolute atomic E-state index is 0. The Morgan fingerprint density at radius 1 is 1.26 bits per heavy atom. The molecule has 0 saturated carbocycles. The number of aromatic nitrogens is 2. The molecule has 0 saturated heterocycles. The number of hydrogen-bond donors (Lipinski definition) is 2. The molecule has 0 spiro atoms. The Kier molecular flexibility index (Phi) is 7.63. The van der Waals surface area contributed by atoms with E-state index in [2.05, 4.69) is 9.97 Å². The van der Waals surface area contributed by atoms with E-state index in [1.165, 1.54) is 36.7 Å². The van der Waals surface area contributed by atoms with Gasteiger partial charge in [-0.05, 0) is 24.3 Å². The summed E-state index contributed by atoms with van der Waals surface area (Å²) in [6, 6.07) is 7.07. The second-order valence-corrected chi connectivity index (χ2v) is 7.84. The van der Waals surface area contributed by atoms with Crippen molar-refractivity contribution in [2.24, 2.45) is 0 Å². The predicted octanol–water partition coefficient (Wildman–Crippen LogP) is -1.25. The largest absolute Gasteiger partial charge is 1.00 e. The summed E-state index contributed by atoms with van der Waals surface area (Å²) < 4.78 is 42.5. The third kappa shape index (κ3) is 6.13. The van der Waals surface area contributed by atoms with Gasteiger partial charge in [0.1, 0.15) is 6.29 Å². The van der Waals surface area contributed by atoms with Crippen molar-refractivity contribution in [3.63, 3.8) is 0 Å². The normalized spacial score (nSPS) is 13.7. The molecular weight excluding hydrogens is 376 g/mol. The summed E-state index contributed by atoms with van der Waals surface area (Å²) in [6.07, 6.45) is 1.83. The molecule has 2 heterocycles. The molecule has 0 fully saturated rings. The molecule has 0 bridgehead atoms. The van der Waals surface area contributed by atoms with Crippen LogP contribution in [0.15, 0.2) is 47.8 Å². The van der Waals surface area contributed by atoms with Gasteiger partial charge in [-0.1, -0.05) is 17.7 Å². The second-order valence-electron chi connectivity index (χ2n) is 3.99. The fourth-order valence-corrected chi connectivity index (χ4v) is 4.04. The molecule has 120 valence electrons. The fourth-order valence-electron chi connectivity index (χ4n) is 1.37. The quantitative estimate of drug-likeness (QED) is 0.361. The van der Waals surface area contributed by atoms with E-state index in [0.29, 0.717) is 0 Å². The zero-order valence-corrected chi connectivity index (χ0v) is 16.4. The molecule has 0 radical (unpaired) electrons. The molecule has 1 atom stereocenters. The van der Waals surface area contributed by atoms with Crippen molar-refractivity contribution in [1.82, 2.24) is 14.7 Å². The van der Waals surface area contributed by atoms with Crippen LogP contribution in [0, 0.1) is 0 Å². The van der Waals surface area contributed by atoms with Gasteiger partial charge >= 0.3 is 37.2 Å². The van der Waals surface area contributed by atoms with Crippen molar-refractivity contribution in [3.8, 4) is 5.75 Å². The number of nitrogens with zero attached hydrogens (tertiary/aromatic N) is 2. The van der Waals surface area contributed by atoms with E-state index in [0.717, 1.165) is 0 Å². The van der Waals surface area contributed by atoms with E-state index in [-0.39, 0.29) is 46.9 Å². The Morgan fingerprint density at radius 2 is 1.96 bits per heavy atom. The van der Waals surface area contributed by atoms with Gasteiger partial charge in [0.05, 0.1) is 0 Å². The molecule has 0 aliphatic heterocycles. The van der Waals surface area contributed by atoms with Crippen LogP contribution >= 0.6 is 19.2 Å². The first-order valence-corrected chi connectivity index (χ1v) is 9.45. The molecule has 2 rings (SSSR count). The molecule has 0 aliphatic carbocycles. The monoisotopic (exact) mass is 387 g/mol. The van der Waals surface area contributed by atoms with E-state index < -0.39 is 23.9 Å². The smallest absolute Gasteiger partial charge is 1.00 e. The number of pyridine rings is 2. The van der Waals surface area contributed by atoms with Crippen LogP contribution in [0.25, 0.3) is 0 Å². The van der Waals surface area contributed by atoms with Crippen LogP contribution in [-0.2, 0) is 14.6 Å². The molecule has 23 heavy (non-hydrogen) atoms. The van der Waals surface area contributed by atoms with Crippen LogP contribution in [-0.4, -0.2) is 29.6 Å². The van der Waals surface area contributed by atoms with E-state index in [9.17, 15) is 17.9 Å². The van der Waals surface area contributed by atoms with Crippen molar-refractivity contribution in [3.05, 3.63) is 47.9 Å². The first-order chi connectivity index (χ1) is 10.3. The number of nitrogens with one attached hydrogen (secondary N) is 1. The Morgan fingerprint density at radius 3 is 2.57 bits per heavy atom. The molecular formula is C11H12ClN3NaO5PS. The zero-order valence-electron chi connectivity index (χ0n) is 13.0. The van der Waals surface area contributed by atoms with E-state index in [4.69, 9.17) is 16.1 Å². The van der Waals surface area contributed by atoms with Gasteiger partial charge in [0.15, 0.2) is 15.9 Å². The third-order valence-electron chi connectivity index (χ3n) is 2.33. The molecule has 12 heteroatoms. The first kappa shape index (κ1) is 20.5. The first-order valence-electron chi connectivity index (χ1n) is 5.83. The van der Waals surface area contributed by atoms with Crippen LogP contribution < -0.4 is 38.8 Å². The number of hydrogen-bond acceptors (Lipinski definition) is 6. The maximum Gasteiger partial charge on any atom is 1.00 e. The van der Waals surface area contributed by atoms with Gasteiger partial charge in [-0.25, -0.2) is 23.0 Å². The van der Waals surface area contributed by atoms with Crippen LogP contribution in [0.1, 0.15) is 1.43 Å². The van der Waals surface area contributed by atoms with Crippen LogP contribution in [0.2, 0.25) is 5.15 Å². The van der Waals surface area contributed by atoms with Crippen molar-refractivity contribution in [2.45, 2.75) is 5.03 Å². The number of rotatable bonds is 6. The summed E-state index contributed by atoms with van der Waals surface area (Å²) >= 11 is 5.70. The van der Waals surface area contributed by atoms with Crippen LogP contribution in [0.4, 0.5) is 0 Å². The molecule has 0 aliphatic rings. The van der Waals surface area contributed by atoms with Gasteiger partial charge in [-0.2, -0.15) is 4.72 Å². The Balaban J connectivity index is 0.00000264. The molecule has 0 amide bonds. The van der Waals surface area contributed by atoms with Gasteiger partial charge < -0.3 is 10.8 Å². The van der Waals surface area contributed by atoms with E-state index >= 15 is 0 Å². The maximum atomic E-state index is 11.9. The second kappa shape index (κ2) is 8.55. The maximum absolute atomic E-state index is 11.9. The Labute approximate surface area is 161 Å². The zero-order chi connectivity index (χ0) is 16.2.